The molecule has 110 valence electrons. The van der Waals surface area contributed by atoms with E-state index in [-0.39, 0.29) is 6.10 Å². The first kappa shape index (κ1) is 14.0. The summed E-state index contributed by atoms with van der Waals surface area (Å²) in [6.07, 6.45) is 0.481. The van der Waals surface area contributed by atoms with E-state index >= 15 is 0 Å². The third-order valence-electron chi connectivity index (χ3n) is 3.54. The molecule has 1 aromatic heterocycles. The van der Waals surface area contributed by atoms with Crippen molar-refractivity contribution in [3.63, 3.8) is 0 Å². The minimum absolute atomic E-state index is 0.286. The summed E-state index contributed by atoms with van der Waals surface area (Å²) in [4.78, 5) is 9.12. The van der Waals surface area contributed by atoms with Crippen LogP contribution in [0, 0.1) is 0 Å². The minimum atomic E-state index is -0.286. The topological polar surface area (TPSA) is 70.3 Å². The van der Waals surface area contributed by atoms with Gasteiger partial charge < -0.3 is 15.2 Å². The Hall–Kier alpha value is -1.98. The van der Waals surface area contributed by atoms with E-state index < -0.39 is 0 Å². The second-order valence-corrected chi connectivity index (χ2v) is 4.94. The van der Waals surface area contributed by atoms with Crippen molar-refractivity contribution in [2.75, 3.05) is 18.9 Å². The van der Waals surface area contributed by atoms with Crippen LogP contribution in [0.4, 0.5) is 5.82 Å². The van der Waals surface area contributed by atoms with Crippen LogP contribution in [0.2, 0.25) is 0 Å². The van der Waals surface area contributed by atoms with Crippen molar-refractivity contribution in [2.45, 2.75) is 26.1 Å². The highest BCUT2D eigenvalue weighted by Crippen LogP contribution is 2.27. The third kappa shape index (κ3) is 2.89. The molecule has 5 nitrogen and oxygen atoms in total. The highest BCUT2D eigenvalue weighted by molar-refractivity contribution is 5.43. The maximum absolute atomic E-state index is 6.07. The molecule has 2 heterocycles. The van der Waals surface area contributed by atoms with E-state index in [0.29, 0.717) is 31.5 Å². The molecule has 1 aliphatic rings. The normalized spacial score (nSPS) is 15.5. The zero-order valence-corrected chi connectivity index (χ0v) is 12.1. The maximum Gasteiger partial charge on any atom is 0.164 e. The van der Waals surface area contributed by atoms with Gasteiger partial charge in [-0.25, -0.2) is 9.97 Å². The Morgan fingerprint density at radius 1 is 1.29 bits per heavy atom. The van der Waals surface area contributed by atoms with Crippen molar-refractivity contribution in [1.82, 2.24) is 9.97 Å². The van der Waals surface area contributed by atoms with Gasteiger partial charge in [-0.05, 0) is 12.5 Å². The van der Waals surface area contributed by atoms with Gasteiger partial charge in [0.15, 0.2) is 5.82 Å². The molecule has 2 aromatic rings. The summed E-state index contributed by atoms with van der Waals surface area (Å²) in [7, 11) is 0. The van der Waals surface area contributed by atoms with Gasteiger partial charge in [-0.15, -0.1) is 0 Å². The van der Waals surface area contributed by atoms with Gasteiger partial charge in [-0.1, -0.05) is 30.3 Å². The van der Waals surface area contributed by atoms with Gasteiger partial charge in [0, 0.05) is 18.6 Å². The smallest absolute Gasteiger partial charge is 0.164 e. The summed E-state index contributed by atoms with van der Waals surface area (Å²) in [5.74, 6) is 1.12. The lowest BCUT2D eigenvalue weighted by Gasteiger charge is -2.21. The lowest BCUT2D eigenvalue weighted by molar-refractivity contribution is 0.0832. The van der Waals surface area contributed by atoms with Gasteiger partial charge in [0.1, 0.15) is 11.9 Å². The van der Waals surface area contributed by atoms with Crippen LogP contribution in [-0.4, -0.2) is 23.2 Å². The van der Waals surface area contributed by atoms with Crippen molar-refractivity contribution in [2.24, 2.45) is 0 Å². The summed E-state index contributed by atoms with van der Waals surface area (Å²) in [6, 6.07) is 9.98. The standard InChI is InChI=1S/C16H19N3O2/c1-2-21-14(11-6-4-3-5-7-11)16-18-13-8-9-20-10-12(13)15(17)19-16/h3-7,14H,2,8-10H2,1H3,(H2,17,18,19). The fourth-order valence-corrected chi connectivity index (χ4v) is 2.51. The molecule has 3 rings (SSSR count). The van der Waals surface area contributed by atoms with Gasteiger partial charge in [-0.2, -0.15) is 0 Å². The molecule has 0 aliphatic carbocycles. The zero-order chi connectivity index (χ0) is 14.7. The zero-order valence-electron chi connectivity index (χ0n) is 12.1. The number of hydrogen-bond donors (Lipinski definition) is 1. The Balaban J connectivity index is 2.02. The van der Waals surface area contributed by atoms with Crippen LogP contribution in [0.25, 0.3) is 0 Å². The van der Waals surface area contributed by atoms with E-state index in [4.69, 9.17) is 15.2 Å². The van der Waals surface area contributed by atoms with Crippen LogP contribution in [0.5, 0.6) is 0 Å². The Morgan fingerprint density at radius 2 is 2.10 bits per heavy atom. The number of fused-ring (bicyclic) bond motifs is 1. The quantitative estimate of drug-likeness (QED) is 0.933. The fraction of sp³-hybridized carbons (Fsp3) is 0.375. The summed E-state index contributed by atoms with van der Waals surface area (Å²) in [5, 5.41) is 0. The second kappa shape index (κ2) is 6.20. The fourth-order valence-electron chi connectivity index (χ4n) is 2.51. The summed E-state index contributed by atoms with van der Waals surface area (Å²) in [6.45, 7) is 3.72. The predicted octanol–water partition coefficient (Wildman–Crippen LogP) is 2.26. The molecule has 1 aliphatic heterocycles. The molecular weight excluding hydrogens is 266 g/mol. The number of hydrogen-bond acceptors (Lipinski definition) is 5. The van der Waals surface area contributed by atoms with Gasteiger partial charge in [0.2, 0.25) is 0 Å². The van der Waals surface area contributed by atoms with E-state index in [1.54, 1.807) is 0 Å². The predicted molar refractivity (Wildman–Crippen MR) is 79.7 cm³/mol. The molecule has 1 unspecified atom stereocenters. The molecular formula is C16H19N3O2. The Kier molecular flexibility index (Phi) is 4.13. The van der Waals surface area contributed by atoms with Crippen molar-refractivity contribution in [3.8, 4) is 0 Å². The van der Waals surface area contributed by atoms with Crippen LogP contribution in [0.1, 0.15) is 35.7 Å². The van der Waals surface area contributed by atoms with E-state index in [1.807, 2.05) is 37.3 Å². The summed E-state index contributed by atoms with van der Waals surface area (Å²) < 4.78 is 11.3. The molecule has 0 amide bonds. The SMILES string of the molecule is CCOC(c1ccccc1)c1nc(N)c2c(n1)CCOC2. The Morgan fingerprint density at radius 3 is 2.86 bits per heavy atom. The number of nitrogens with zero attached hydrogens (tertiary/aromatic N) is 2. The first-order valence-electron chi connectivity index (χ1n) is 7.19. The molecule has 1 atom stereocenters. The monoisotopic (exact) mass is 285 g/mol. The van der Waals surface area contributed by atoms with Crippen molar-refractivity contribution in [3.05, 3.63) is 53.0 Å². The average Bonchev–Trinajstić information content (AvgIpc) is 2.53. The number of aromatic nitrogens is 2. The van der Waals surface area contributed by atoms with Crippen LogP contribution < -0.4 is 5.73 Å². The second-order valence-electron chi connectivity index (χ2n) is 4.94. The molecule has 0 bridgehead atoms. The molecule has 1 aromatic carbocycles. The van der Waals surface area contributed by atoms with Crippen LogP contribution in [0.15, 0.2) is 30.3 Å². The number of benzene rings is 1. The highest BCUT2D eigenvalue weighted by Gasteiger charge is 2.22. The summed E-state index contributed by atoms with van der Waals surface area (Å²) >= 11 is 0. The molecule has 0 saturated heterocycles. The largest absolute Gasteiger partial charge is 0.383 e. The number of nitrogen functional groups attached to an aromatic ring is 1. The lowest BCUT2D eigenvalue weighted by Crippen LogP contribution is -2.19. The van der Waals surface area contributed by atoms with Gasteiger partial charge in [0.05, 0.1) is 18.9 Å². The van der Waals surface area contributed by atoms with E-state index in [0.717, 1.165) is 23.2 Å². The lowest BCUT2D eigenvalue weighted by atomic mass is 10.1. The van der Waals surface area contributed by atoms with E-state index in [9.17, 15) is 0 Å². The van der Waals surface area contributed by atoms with Crippen LogP contribution in [0.3, 0.4) is 0 Å². The maximum atomic E-state index is 6.07. The first-order chi connectivity index (χ1) is 10.3. The third-order valence-corrected chi connectivity index (χ3v) is 3.54. The Bertz CT molecular complexity index is 616. The van der Waals surface area contributed by atoms with Gasteiger partial charge >= 0.3 is 0 Å². The highest BCUT2D eigenvalue weighted by atomic mass is 16.5. The molecule has 0 saturated carbocycles. The minimum Gasteiger partial charge on any atom is -0.383 e. The molecule has 0 radical (unpaired) electrons. The first-order valence-corrected chi connectivity index (χ1v) is 7.19. The van der Waals surface area contributed by atoms with Crippen molar-refractivity contribution in [1.29, 1.82) is 0 Å². The molecule has 0 fully saturated rings. The van der Waals surface area contributed by atoms with Gasteiger partial charge in [0.25, 0.3) is 0 Å². The van der Waals surface area contributed by atoms with E-state index in [2.05, 4.69) is 9.97 Å². The van der Waals surface area contributed by atoms with Gasteiger partial charge in [-0.3, -0.25) is 0 Å². The van der Waals surface area contributed by atoms with Crippen molar-refractivity contribution < 1.29 is 9.47 Å². The number of nitrogens with two attached hydrogens (primary N) is 1. The van der Waals surface area contributed by atoms with E-state index in [1.165, 1.54) is 0 Å². The molecule has 2 N–H and O–H groups in total. The van der Waals surface area contributed by atoms with Crippen LogP contribution in [-0.2, 0) is 22.5 Å². The average molecular weight is 285 g/mol. The van der Waals surface area contributed by atoms with Crippen LogP contribution >= 0.6 is 0 Å². The molecule has 21 heavy (non-hydrogen) atoms. The number of ether oxygens (including phenoxy) is 2. The Labute approximate surface area is 124 Å². The number of anilines is 1. The molecule has 0 spiro atoms. The summed E-state index contributed by atoms with van der Waals surface area (Å²) in [5.41, 5.74) is 8.99. The molecule has 5 heteroatoms. The number of rotatable bonds is 4. The van der Waals surface area contributed by atoms with Crippen molar-refractivity contribution >= 4 is 5.82 Å².